The summed E-state index contributed by atoms with van der Waals surface area (Å²) < 4.78 is 2.21. The number of fused-ring (bicyclic) bond motifs is 1. The maximum Gasteiger partial charge on any atom is 0.141 e. The van der Waals surface area contributed by atoms with Crippen molar-refractivity contribution in [3.8, 4) is 11.4 Å². The Kier molecular flexibility index (Phi) is 2.93. The van der Waals surface area contributed by atoms with Crippen LogP contribution in [0.15, 0.2) is 30.6 Å². The fourth-order valence-electron chi connectivity index (χ4n) is 2.63. The molecule has 0 aliphatic heterocycles. The lowest BCUT2D eigenvalue weighted by molar-refractivity contribution is 0.795. The maximum absolute atomic E-state index is 6.00. The fraction of sp³-hybridized carbons (Fsp3) is 0.250. The number of nitrogens with zero attached hydrogens (tertiary/aromatic N) is 3. The van der Waals surface area contributed by atoms with Gasteiger partial charge in [-0.3, -0.25) is 4.98 Å². The number of rotatable bonds is 2. The van der Waals surface area contributed by atoms with Crippen LogP contribution in [0.4, 0.5) is 5.69 Å². The van der Waals surface area contributed by atoms with Crippen LogP contribution in [-0.4, -0.2) is 14.5 Å². The molecule has 0 bridgehead atoms. The summed E-state index contributed by atoms with van der Waals surface area (Å²) in [6.45, 7) is 7.18. The van der Waals surface area contributed by atoms with E-state index in [0.717, 1.165) is 34.7 Å². The molecule has 2 aromatic heterocycles. The van der Waals surface area contributed by atoms with Gasteiger partial charge < -0.3 is 10.3 Å². The Morgan fingerprint density at radius 1 is 1.25 bits per heavy atom. The molecule has 0 spiro atoms. The van der Waals surface area contributed by atoms with Crippen LogP contribution in [0.25, 0.3) is 22.4 Å². The van der Waals surface area contributed by atoms with Gasteiger partial charge in [-0.25, -0.2) is 4.98 Å². The second kappa shape index (κ2) is 4.63. The second-order valence-electron chi connectivity index (χ2n) is 5.05. The van der Waals surface area contributed by atoms with E-state index in [-0.39, 0.29) is 0 Å². The fourth-order valence-corrected chi connectivity index (χ4v) is 2.63. The highest BCUT2D eigenvalue weighted by Gasteiger charge is 2.14. The maximum atomic E-state index is 6.00. The second-order valence-corrected chi connectivity index (χ2v) is 5.05. The van der Waals surface area contributed by atoms with Crippen molar-refractivity contribution in [1.29, 1.82) is 0 Å². The van der Waals surface area contributed by atoms with Gasteiger partial charge in [-0.1, -0.05) is 0 Å². The Hall–Kier alpha value is -2.36. The summed E-state index contributed by atoms with van der Waals surface area (Å²) in [6, 6.07) is 6.01. The Balaban J connectivity index is 2.35. The Morgan fingerprint density at radius 3 is 2.80 bits per heavy atom. The lowest BCUT2D eigenvalue weighted by atomic mass is 10.0. The average molecular weight is 266 g/mol. The zero-order chi connectivity index (χ0) is 14.3. The van der Waals surface area contributed by atoms with E-state index >= 15 is 0 Å². The SMILES string of the molecule is CCn1c(-c2cc(N)cc(C)c2C)nc2cnccc21. The third-order valence-electron chi connectivity index (χ3n) is 3.80. The Labute approximate surface area is 118 Å². The van der Waals surface area contributed by atoms with Crippen molar-refractivity contribution in [2.75, 3.05) is 5.73 Å². The van der Waals surface area contributed by atoms with Crippen LogP contribution in [0.3, 0.4) is 0 Å². The van der Waals surface area contributed by atoms with Gasteiger partial charge in [0.15, 0.2) is 0 Å². The number of hydrogen-bond donors (Lipinski definition) is 1. The highest BCUT2D eigenvalue weighted by atomic mass is 15.1. The zero-order valence-corrected chi connectivity index (χ0v) is 12.0. The first-order valence-electron chi connectivity index (χ1n) is 6.79. The molecule has 4 heteroatoms. The van der Waals surface area contributed by atoms with Gasteiger partial charge in [-0.15, -0.1) is 0 Å². The van der Waals surface area contributed by atoms with Crippen LogP contribution in [0.5, 0.6) is 0 Å². The molecule has 2 heterocycles. The number of hydrogen-bond acceptors (Lipinski definition) is 3. The number of nitrogens with two attached hydrogens (primary N) is 1. The third kappa shape index (κ3) is 1.84. The highest BCUT2D eigenvalue weighted by Crippen LogP contribution is 2.30. The topological polar surface area (TPSA) is 56.7 Å². The minimum absolute atomic E-state index is 0.774. The van der Waals surface area contributed by atoms with Gasteiger partial charge in [0.2, 0.25) is 0 Å². The summed E-state index contributed by atoms with van der Waals surface area (Å²) in [5, 5.41) is 0. The van der Waals surface area contributed by atoms with E-state index in [0.29, 0.717) is 0 Å². The molecule has 0 atom stereocenters. The molecule has 102 valence electrons. The molecule has 0 saturated carbocycles. The quantitative estimate of drug-likeness (QED) is 0.724. The molecular formula is C16H18N4. The molecule has 3 rings (SSSR count). The molecule has 0 unspecified atom stereocenters. The van der Waals surface area contributed by atoms with Crippen molar-refractivity contribution in [3.05, 3.63) is 41.7 Å². The standard InChI is InChI=1S/C16H18N4/c1-4-20-15-5-6-18-9-14(15)19-16(20)13-8-12(17)7-10(2)11(13)3/h5-9H,4,17H2,1-3H3. The first-order valence-corrected chi connectivity index (χ1v) is 6.79. The lowest BCUT2D eigenvalue weighted by Crippen LogP contribution is -2.01. The van der Waals surface area contributed by atoms with E-state index in [4.69, 9.17) is 10.7 Å². The number of anilines is 1. The van der Waals surface area contributed by atoms with Crippen LogP contribution >= 0.6 is 0 Å². The molecule has 0 radical (unpaired) electrons. The smallest absolute Gasteiger partial charge is 0.141 e. The predicted molar refractivity (Wildman–Crippen MR) is 82.5 cm³/mol. The first-order chi connectivity index (χ1) is 9.61. The lowest BCUT2D eigenvalue weighted by Gasteiger charge is -2.12. The van der Waals surface area contributed by atoms with Crippen molar-refractivity contribution in [1.82, 2.24) is 14.5 Å². The average Bonchev–Trinajstić information content (AvgIpc) is 2.81. The molecule has 2 N–H and O–H groups in total. The molecule has 20 heavy (non-hydrogen) atoms. The molecule has 4 nitrogen and oxygen atoms in total. The van der Waals surface area contributed by atoms with Gasteiger partial charge in [0.25, 0.3) is 0 Å². The summed E-state index contributed by atoms with van der Waals surface area (Å²) in [5.74, 6) is 0.961. The van der Waals surface area contributed by atoms with Crippen molar-refractivity contribution in [2.45, 2.75) is 27.3 Å². The summed E-state index contributed by atoms with van der Waals surface area (Å²) in [4.78, 5) is 8.89. The van der Waals surface area contributed by atoms with E-state index in [2.05, 4.69) is 30.3 Å². The Bertz CT molecular complexity index is 787. The van der Waals surface area contributed by atoms with Gasteiger partial charge >= 0.3 is 0 Å². The molecule has 1 aromatic carbocycles. The minimum Gasteiger partial charge on any atom is -0.399 e. The molecule has 0 fully saturated rings. The van der Waals surface area contributed by atoms with Crippen LogP contribution in [0.1, 0.15) is 18.1 Å². The van der Waals surface area contributed by atoms with Crippen LogP contribution in [-0.2, 0) is 6.54 Å². The predicted octanol–water partition coefficient (Wildman–Crippen LogP) is 3.32. The van der Waals surface area contributed by atoms with Crippen molar-refractivity contribution in [3.63, 3.8) is 0 Å². The van der Waals surface area contributed by atoms with Crippen molar-refractivity contribution >= 4 is 16.7 Å². The van der Waals surface area contributed by atoms with E-state index in [1.54, 1.807) is 12.4 Å². The summed E-state index contributed by atoms with van der Waals surface area (Å²) in [5.41, 5.74) is 12.3. The zero-order valence-electron chi connectivity index (χ0n) is 12.0. The van der Waals surface area contributed by atoms with E-state index in [1.807, 2.05) is 18.2 Å². The molecule has 0 amide bonds. The number of benzene rings is 1. The van der Waals surface area contributed by atoms with Gasteiger partial charge in [0.1, 0.15) is 11.3 Å². The number of nitrogen functional groups attached to an aromatic ring is 1. The van der Waals surface area contributed by atoms with E-state index < -0.39 is 0 Å². The molecule has 0 aliphatic carbocycles. The normalized spacial score (nSPS) is 11.2. The molecule has 0 aliphatic rings. The molecule has 0 saturated heterocycles. The van der Waals surface area contributed by atoms with Crippen molar-refractivity contribution < 1.29 is 0 Å². The van der Waals surface area contributed by atoms with Gasteiger partial charge in [0.05, 0.1) is 11.7 Å². The number of imidazole rings is 1. The summed E-state index contributed by atoms with van der Waals surface area (Å²) in [6.07, 6.45) is 3.61. The largest absolute Gasteiger partial charge is 0.399 e. The number of aromatic nitrogens is 3. The van der Waals surface area contributed by atoms with Crippen molar-refractivity contribution in [2.24, 2.45) is 0 Å². The third-order valence-corrected chi connectivity index (χ3v) is 3.80. The molecular weight excluding hydrogens is 248 g/mol. The van der Waals surface area contributed by atoms with Gasteiger partial charge in [-0.05, 0) is 50.1 Å². The number of pyridine rings is 1. The van der Waals surface area contributed by atoms with Crippen LogP contribution < -0.4 is 5.73 Å². The minimum atomic E-state index is 0.774. The van der Waals surface area contributed by atoms with Crippen LogP contribution in [0, 0.1) is 13.8 Å². The molecule has 3 aromatic rings. The van der Waals surface area contributed by atoms with Gasteiger partial charge in [0, 0.05) is 24.0 Å². The monoisotopic (exact) mass is 266 g/mol. The highest BCUT2D eigenvalue weighted by molar-refractivity contribution is 5.81. The summed E-state index contributed by atoms with van der Waals surface area (Å²) >= 11 is 0. The first kappa shape index (κ1) is 12.7. The van der Waals surface area contributed by atoms with Gasteiger partial charge in [-0.2, -0.15) is 0 Å². The number of aryl methyl sites for hydroxylation is 2. The van der Waals surface area contributed by atoms with E-state index in [1.165, 1.54) is 11.1 Å². The Morgan fingerprint density at radius 2 is 2.05 bits per heavy atom. The van der Waals surface area contributed by atoms with Crippen LogP contribution in [0.2, 0.25) is 0 Å². The summed E-state index contributed by atoms with van der Waals surface area (Å²) in [7, 11) is 0. The van der Waals surface area contributed by atoms with E-state index in [9.17, 15) is 0 Å².